The molecule has 2 aromatic rings. The van der Waals surface area contributed by atoms with Gasteiger partial charge in [0.2, 0.25) is 0 Å². The van der Waals surface area contributed by atoms with E-state index >= 15 is 0 Å². The second kappa shape index (κ2) is 9.54. The van der Waals surface area contributed by atoms with Gasteiger partial charge in [-0.25, -0.2) is 4.98 Å². The Balaban J connectivity index is 2.03. The Morgan fingerprint density at radius 1 is 1.11 bits per heavy atom. The molecule has 0 saturated carbocycles. The Labute approximate surface area is 169 Å². The van der Waals surface area contributed by atoms with E-state index in [1.54, 1.807) is 25.1 Å². The van der Waals surface area contributed by atoms with Crippen LogP contribution in [0.3, 0.4) is 0 Å². The number of nitrogens with zero attached hydrogens (tertiary/aromatic N) is 1. The van der Waals surface area contributed by atoms with Gasteiger partial charge in [0.05, 0.1) is 23.9 Å². The van der Waals surface area contributed by atoms with Crippen molar-refractivity contribution in [3.63, 3.8) is 0 Å². The molecule has 0 atom stereocenters. The first kappa shape index (κ1) is 21.7. The SMILES string of the molecule is COc1cc(C(=O)NNC(=O)c2sc(CC(C)C)nc2C)ccc1OC(C)C. The van der Waals surface area contributed by atoms with Crippen molar-refractivity contribution in [2.75, 3.05) is 7.11 Å². The fourth-order valence-corrected chi connectivity index (χ4v) is 3.67. The molecule has 0 radical (unpaired) electrons. The summed E-state index contributed by atoms with van der Waals surface area (Å²) in [5.41, 5.74) is 5.88. The van der Waals surface area contributed by atoms with Gasteiger partial charge in [-0.2, -0.15) is 0 Å². The lowest BCUT2D eigenvalue weighted by Gasteiger charge is -2.14. The molecule has 0 unspecified atom stereocenters. The number of benzene rings is 1. The second-order valence-electron chi connectivity index (χ2n) is 7.06. The summed E-state index contributed by atoms with van der Waals surface area (Å²) in [5, 5.41) is 0.912. The van der Waals surface area contributed by atoms with Gasteiger partial charge in [0.15, 0.2) is 11.5 Å². The minimum absolute atomic E-state index is 0.0175. The molecule has 0 fully saturated rings. The molecular weight excluding hydrogens is 378 g/mol. The lowest BCUT2D eigenvalue weighted by molar-refractivity contribution is 0.0848. The number of amides is 2. The molecular formula is C20H27N3O4S. The number of rotatable bonds is 7. The van der Waals surface area contributed by atoms with Gasteiger partial charge < -0.3 is 9.47 Å². The van der Waals surface area contributed by atoms with Crippen LogP contribution in [0.5, 0.6) is 11.5 Å². The van der Waals surface area contributed by atoms with E-state index in [-0.39, 0.29) is 12.0 Å². The second-order valence-corrected chi connectivity index (χ2v) is 8.14. The summed E-state index contributed by atoms with van der Waals surface area (Å²) in [6, 6.07) is 4.85. The van der Waals surface area contributed by atoms with Crippen molar-refractivity contribution in [1.29, 1.82) is 0 Å². The minimum atomic E-state index is -0.452. The van der Waals surface area contributed by atoms with Crippen LogP contribution >= 0.6 is 11.3 Å². The Kier molecular flexibility index (Phi) is 7.39. The van der Waals surface area contributed by atoms with Gasteiger partial charge in [-0.05, 0) is 44.9 Å². The summed E-state index contributed by atoms with van der Waals surface area (Å²) in [6.07, 6.45) is 0.798. The lowest BCUT2D eigenvalue weighted by Crippen LogP contribution is -2.41. The number of nitrogens with one attached hydrogen (secondary N) is 2. The molecule has 2 rings (SSSR count). The van der Waals surface area contributed by atoms with E-state index in [9.17, 15) is 9.59 Å². The van der Waals surface area contributed by atoms with Gasteiger partial charge in [-0.1, -0.05) is 13.8 Å². The number of aromatic nitrogens is 1. The van der Waals surface area contributed by atoms with Gasteiger partial charge in [-0.3, -0.25) is 20.4 Å². The number of thiazole rings is 1. The number of methoxy groups -OCH3 is 1. The normalized spacial score (nSPS) is 10.9. The molecule has 0 saturated heterocycles. The topological polar surface area (TPSA) is 89.6 Å². The van der Waals surface area contributed by atoms with Gasteiger partial charge in [0, 0.05) is 12.0 Å². The van der Waals surface area contributed by atoms with E-state index < -0.39 is 5.91 Å². The molecule has 0 aliphatic heterocycles. The molecule has 1 aromatic heterocycles. The molecule has 1 heterocycles. The van der Waals surface area contributed by atoms with Crippen molar-refractivity contribution in [3.05, 3.63) is 39.3 Å². The third-order valence-corrected chi connectivity index (χ3v) is 4.89. The fourth-order valence-electron chi connectivity index (χ4n) is 2.50. The lowest BCUT2D eigenvalue weighted by atomic mass is 10.1. The van der Waals surface area contributed by atoms with Crippen LogP contribution in [-0.2, 0) is 6.42 Å². The number of carbonyl (C=O) groups is 2. The number of carbonyl (C=O) groups excluding carboxylic acids is 2. The Hall–Kier alpha value is -2.61. The molecule has 28 heavy (non-hydrogen) atoms. The first-order valence-corrected chi connectivity index (χ1v) is 9.94. The van der Waals surface area contributed by atoms with E-state index in [4.69, 9.17) is 9.47 Å². The predicted octanol–water partition coefficient (Wildman–Crippen LogP) is 3.52. The number of hydrogen-bond acceptors (Lipinski definition) is 6. The van der Waals surface area contributed by atoms with E-state index in [1.165, 1.54) is 18.4 Å². The smallest absolute Gasteiger partial charge is 0.281 e. The summed E-state index contributed by atoms with van der Waals surface area (Å²) in [6.45, 7) is 9.80. The maximum atomic E-state index is 12.4. The molecule has 2 N–H and O–H groups in total. The van der Waals surface area contributed by atoms with Crippen LogP contribution in [0, 0.1) is 12.8 Å². The summed E-state index contributed by atoms with van der Waals surface area (Å²) < 4.78 is 10.9. The van der Waals surface area contributed by atoms with Crippen LogP contribution in [0.2, 0.25) is 0 Å². The van der Waals surface area contributed by atoms with E-state index in [0.29, 0.717) is 33.6 Å². The molecule has 7 nitrogen and oxygen atoms in total. The summed E-state index contributed by atoms with van der Waals surface area (Å²) in [5.74, 6) is 0.622. The van der Waals surface area contributed by atoms with E-state index in [1.807, 2.05) is 13.8 Å². The third kappa shape index (κ3) is 5.69. The quantitative estimate of drug-likeness (QED) is 0.688. The van der Waals surface area contributed by atoms with Crippen LogP contribution in [0.1, 0.15) is 58.4 Å². The van der Waals surface area contributed by atoms with Gasteiger partial charge in [0.1, 0.15) is 4.88 Å². The summed E-state index contributed by atoms with van der Waals surface area (Å²) in [7, 11) is 1.51. The Bertz CT molecular complexity index is 846. The number of hydrazine groups is 1. The molecule has 2 amide bonds. The van der Waals surface area contributed by atoms with Crippen molar-refractivity contribution in [1.82, 2.24) is 15.8 Å². The highest BCUT2D eigenvalue weighted by atomic mass is 32.1. The van der Waals surface area contributed by atoms with Crippen molar-refractivity contribution < 1.29 is 19.1 Å². The summed E-state index contributed by atoms with van der Waals surface area (Å²) >= 11 is 1.35. The molecule has 0 aliphatic carbocycles. The number of hydrogen-bond donors (Lipinski definition) is 2. The van der Waals surface area contributed by atoms with Gasteiger partial charge >= 0.3 is 0 Å². The first-order valence-electron chi connectivity index (χ1n) is 9.13. The van der Waals surface area contributed by atoms with Crippen molar-refractivity contribution in [3.8, 4) is 11.5 Å². The average Bonchev–Trinajstić information content (AvgIpc) is 2.98. The van der Waals surface area contributed by atoms with Crippen LogP contribution in [0.4, 0.5) is 0 Å². The van der Waals surface area contributed by atoms with E-state index in [0.717, 1.165) is 11.4 Å². The van der Waals surface area contributed by atoms with Gasteiger partial charge in [-0.15, -0.1) is 11.3 Å². The molecule has 1 aromatic carbocycles. The maximum Gasteiger partial charge on any atom is 0.281 e. The highest BCUT2D eigenvalue weighted by Gasteiger charge is 2.17. The van der Waals surface area contributed by atoms with Crippen molar-refractivity contribution in [2.24, 2.45) is 5.92 Å². The highest BCUT2D eigenvalue weighted by Crippen LogP contribution is 2.29. The molecule has 152 valence electrons. The fraction of sp³-hybridized carbons (Fsp3) is 0.450. The minimum Gasteiger partial charge on any atom is -0.493 e. The largest absolute Gasteiger partial charge is 0.493 e. The standard InChI is InChI=1S/C20H27N3O4S/c1-11(2)9-17-21-13(5)18(28-17)20(25)23-22-19(24)14-7-8-15(27-12(3)4)16(10-14)26-6/h7-8,10-12H,9H2,1-6H3,(H,22,24)(H,23,25). The Morgan fingerprint density at radius 3 is 2.39 bits per heavy atom. The van der Waals surface area contributed by atoms with Gasteiger partial charge in [0.25, 0.3) is 11.8 Å². The van der Waals surface area contributed by atoms with Crippen LogP contribution in [0.15, 0.2) is 18.2 Å². The molecule has 0 aliphatic rings. The van der Waals surface area contributed by atoms with Crippen LogP contribution in [-0.4, -0.2) is 30.0 Å². The highest BCUT2D eigenvalue weighted by molar-refractivity contribution is 7.13. The number of ether oxygens (including phenoxy) is 2. The Morgan fingerprint density at radius 2 is 1.79 bits per heavy atom. The average molecular weight is 406 g/mol. The predicted molar refractivity (Wildman–Crippen MR) is 109 cm³/mol. The zero-order valence-corrected chi connectivity index (χ0v) is 17.9. The van der Waals surface area contributed by atoms with Crippen LogP contribution in [0.25, 0.3) is 0 Å². The third-order valence-electron chi connectivity index (χ3n) is 3.71. The first-order chi connectivity index (χ1) is 13.2. The zero-order chi connectivity index (χ0) is 20.8. The zero-order valence-electron chi connectivity index (χ0n) is 17.1. The summed E-state index contributed by atoms with van der Waals surface area (Å²) in [4.78, 5) is 29.7. The molecule has 0 bridgehead atoms. The van der Waals surface area contributed by atoms with Crippen molar-refractivity contribution in [2.45, 2.75) is 47.1 Å². The molecule has 8 heteroatoms. The van der Waals surface area contributed by atoms with Crippen molar-refractivity contribution >= 4 is 23.2 Å². The van der Waals surface area contributed by atoms with Crippen LogP contribution < -0.4 is 20.3 Å². The number of aryl methyl sites for hydroxylation is 1. The maximum absolute atomic E-state index is 12.4. The van der Waals surface area contributed by atoms with E-state index in [2.05, 4.69) is 29.7 Å². The molecule has 0 spiro atoms. The monoisotopic (exact) mass is 405 g/mol.